The number of hydrogen-bond acceptors (Lipinski definition) is 6. The molecule has 1 aromatic carbocycles. The molecule has 0 spiro atoms. The van der Waals surface area contributed by atoms with Crippen molar-refractivity contribution in [2.24, 2.45) is 10.2 Å². The van der Waals surface area contributed by atoms with E-state index >= 15 is 0 Å². The van der Waals surface area contributed by atoms with Crippen molar-refractivity contribution >= 4 is 29.1 Å². The van der Waals surface area contributed by atoms with Crippen molar-refractivity contribution in [2.45, 2.75) is 6.92 Å². The van der Waals surface area contributed by atoms with Gasteiger partial charge in [0.1, 0.15) is 11.5 Å². The summed E-state index contributed by atoms with van der Waals surface area (Å²) in [5.41, 5.74) is 0.678. The zero-order valence-corrected chi connectivity index (χ0v) is 13.6. The Morgan fingerprint density at radius 2 is 1.92 bits per heavy atom. The van der Waals surface area contributed by atoms with E-state index in [1.165, 1.54) is 40.8 Å². The van der Waals surface area contributed by atoms with Gasteiger partial charge in [0.05, 0.1) is 17.9 Å². The van der Waals surface area contributed by atoms with Gasteiger partial charge in [0.2, 0.25) is 0 Å². The first kappa shape index (κ1) is 17.2. The van der Waals surface area contributed by atoms with Gasteiger partial charge in [0.15, 0.2) is 11.5 Å². The van der Waals surface area contributed by atoms with E-state index in [1.54, 1.807) is 6.92 Å². The van der Waals surface area contributed by atoms with Crippen LogP contribution < -0.4 is 0 Å². The van der Waals surface area contributed by atoms with E-state index < -0.39 is 17.8 Å². The number of esters is 1. The van der Waals surface area contributed by atoms with Crippen LogP contribution >= 0.6 is 0 Å². The van der Waals surface area contributed by atoms with E-state index in [2.05, 4.69) is 15.2 Å². The average Bonchev–Trinajstić information content (AvgIpc) is 2.98. The number of carboxylic acid groups (broad SMARTS) is 1. The molecule has 1 N–H and O–H groups in total. The number of fused-ring (bicyclic) bond motifs is 1. The molecule has 2 heterocycles. The number of carbonyl (C=O) groups is 2. The van der Waals surface area contributed by atoms with Crippen LogP contribution in [-0.4, -0.2) is 33.0 Å². The summed E-state index contributed by atoms with van der Waals surface area (Å²) < 4.78 is 19.8. The van der Waals surface area contributed by atoms with Gasteiger partial charge >= 0.3 is 11.9 Å². The number of rotatable bonds is 5. The van der Waals surface area contributed by atoms with Gasteiger partial charge in [-0.3, -0.25) is 4.40 Å². The van der Waals surface area contributed by atoms with E-state index in [9.17, 15) is 14.0 Å². The molecule has 0 radical (unpaired) electrons. The van der Waals surface area contributed by atoms with Crippen LogP contribution in [0.5, 0.6) is 0 Å². The number of halogens is 1. The third-order valence-electron chi connectivity index (χ3n) is 3.40. The summed E-state index contributed by atoms with van der Waals surface area (Å²) in [4.78, 5) is 27.1. The van der Waals surface area contributed by atoms with E-state index in [-0.39, 0.29) is 23.7 Å². The molecule has 9 heteroatoms. The first-order chi connectivity index (χ1) is 12.5. The number of ether oxygens (including phenoxy) is 1. The largest absolute Gasteiger partial charge is 0.478 e. The molecule has 8 nitrogen and oxygen atoms in total. The molecule has 0 saturated heterocycles. The molecule has 132 valence electrons. The maximum atomic E-state index is 13.6. The maximum absolute atomic E-state index is 13.6. The number of benzene rings is 1. The van der Waals surface area contributed by atoms with Gasteiger partial charge in [-0.25, -0.2) is 19.0 Å². The Morgan fingerprint density at radius 1 is 1.19 bits per heavy atom. The molecule has 3 aromatic rings. The number of aromatic carboxylic acids is 1. The molecule has 0 saturated carbocycles. The molecule has 26 heavy (non-hydrogen) atoms. The number of carbonyl (C=O) groups excluding carboxylic acids is 1. The Kier molecular flexibility index (Phi) is 4.70. The van der Waals surface area contributed by atoms with Crippen molar-refractivity contribution in [2.75, 3.05) is 6.61 Å². The number of carboxylic acids is 1. The van der Waals surface area contributed by atoms with E-state index in [1.807, 2.05) is 0 Å². The Bertz CT molecular complexity index is 1010. The first-order valence-electron chi connectivity index (χ1n) is 7.59. The van der Waals surface area contributed by atoms with Crippen molar-refractivity contribution in [1.82, 2.24) is 9.38 Å². The summed E-state index contributed by atoms with van der Waals surface area (Å²) in [5, 5.41) is 16.9. The van der Waals surface area contributed by atoms with Gasteiger partial charge in [0, 0.05) is 6.20 Å². The molecule has 0 fully saturated rings. The Morgan fingerprint density at radius 3 is 2.58 bits per heavy atom. The first-order valence-corrected chi connectivity index (χ1v) is 7.59. The van der Waals surface area contributed by atoms with Crippen molar-refractivity contribution in [3.63, 3.8) is 0 Å². The van der Waals surface area contributed by atoms with Crippen LogP contribution in [0, 0.1) is 5.82 Å². The summed E-state index contributed by atoms with van der Waals surface area (Å²) in [7, 11) is 0. The molecule has 0 aliphatic heterocycles. The van der Waals surface area contributed by atoms with Crippen molar-refractivity contribution in [3.8, 4) is 0 Å². The highest BCUT2D eigenvalue weighted by Gasteiger charge is 2.20. The highest BCUT2D eigenvalue weighted by molar-refractivity contribution is 5.93. The Labute approximate surface area is 146 Å². The van der Waals surface area contributed by atoms with Crippen molar-refractivity contribution in [1.29, 1.82) is 0 Å². The zero-order valence-electron chi connectivity index (χ0n) is 13.6. The Hall–Kier alpha value is -3.62. The monoisotopic (exact) mass is 356 g/mol. The van der Waals surface area contributed by atoms with Gasteiger partial charge in [0.25, 0.3) is 0 Å². The predicted molar refractivity (Wildman–Crippen MR) is 88.7 cm³/mol. The average molecular weight is 356 g/mol. The maximum Gasteiger partial charge on any atom is 0.360 e. The molecule has 2 aromatic heterocycles. The van der Waals surface area contributed by atoms with Crippen LogP contribution in [0.25, 0.3) is 5.65 Å². The summed E-state index contributed by atoms with van der Waals surface area (Å²) in [6.45, 7) is 1.80. The molecule has 0 aliphatic rings. The van der Waals surface area contributed by atoms with Gasteiger partial charge < -0.3 is 9.84 Å². The molecule has 3 rings (SSSR count). The fourth-order valence-corrected chi connectivity index (χ4v) is 2.21. The summed E-state index contributed by atoms with van der Waals surface area (Å²) in [5.74, 6) is -2.28. The van der Waals surface area contributed by atoms with E-state index in [0.717, 1.165) is 6.20 Å². The lowest BCUT2D eigenvalue weighted by Crippen LogP contribution is -2.05. The second-order valence-electron chi connectivity index (χ2n) is 5.13. The number of pyridine rings is 1. The minimum atomic E-state index is -1.06. The third-order valence-corrected chi connectivity index (χ3v) is 3.40. The SMILES string of the molecule is CCOC(=O)c1nc2ccc(F)cn2c1N=Nc1ccc(C(=O)O)cc1. The molecule has 0 bridgehead atoms. The van der Waals surface area contributed by atoms with Gasteiger partial charge in [-0.05, 0) is 43.3 Å². The van der Waals surface area contributed by atoms with Crippen LogP contribution in [0.4, 0.5) is 15.9 Å². The second-order valence-corrected chi connectivity index (χ2v) is 5.13. The standard InChI is InChI=1S/C17H13FN4O4/c1-2-26-17(25)14-15(22-9-11(18)5-8-13(22)19-14)21-20-12-6-3-10(4-7-12)16(23)24/h3-9H,2H2,1H3,(H,23,24). The predicted octanol–water partition coefficient (Wildman–Crippen LogP) is 3.76. The lowest BCUT2D eigenvalue weighted by Gasteiger charge is -2.00. The van der Waals surface area contributed by atoms with Crippen LogP contribution in [0.1, 0.15) is 27.8 Å². The lowest BCUT2D eigenvalue weighted by atomic mass is 10.2. The molecule has 0 aliphatic carbocycles. The molecule has 0 amide bonds. The Balaban J connectivity index is 2.04. The van der Waals surface area contributed by atoms with Gasteiger partial charge in [-0.15, -0.1) is 10.2 Å². The quantitative estimate of drug-likeness (QED) is 0.553. The molecular weight excluding hydrogens is 343 g/mol. The lowest BCUT2D eigenvalue weighted by molar-refractivity contribution is 0.0520. The summed E-state index contributed by atoms with van der Waals surface area (Å²) in [6, 6.07) is 8.28. The molecule has 0 atom stereocenters. The number of nitrogens with zero attached hydrogens (tertiary/aromatic N) is 4. The smallest absolute Gasteiger partial charge is 0.360 e. The normalized spacial score (nSPS) is 11.2. The van der Waals surface area contributed by atoms with Crippen LogP contribution in [0.3, 0.4) is 0 Å². The molecule has 0 unspecified atom stereocenters. The van der Waals surface area contributed by atoms with Crippen LogP contribution in [0.2, 0.25) is 0 Å². The fourth-order valence-electron chi connectivity index (χ4n) is 2.21. The zero-order chi connectivity index (χ0) is 18.7. The number of aromatic nitrogens is 2. The van der Waals surface area contributed by atoms with Crippen LogP contribution in [-0.2, 0) is 4.74 Å². The minimum absolute atomic E-state index is 0.0141. The van der Waals surface area contributed by atoms with Crippen molar-refractivity contribution in [3.05, 3.63) is 59.7 Å². The number of azo groups is 1. The van der Waals surface area contributed by atoms with Gasteiger partial charge in [-0.1, -0.05) is 0 Å². The number of imidazole rings is 1. The van der Waals surface area contributed by atoms with Crippen LogP contribution in [0.15, 0.2) is 52.8 Å². The molecular formula is C17H13FN4O4. The minimum Gasteiger partial charge on any atom is -0.478 e. The highest BCUT2D eigenvalue weighted by Crippen LogP contribution is 2.25. The van der Waals surface area contributed by atoms with Crippen molar-refractivity contribution < 1.29 is 23.8 Å². The van der Waals surface area contributed by atoms with E-state index in [4.69, 9.17) is 9.84 Å². The van der Waals surface area contributed by atoms with Gasteiger partial charge in [-0.2, -0.15) is 0 Å². The summed E-state index contributed by atoms with van der Waals surface area (Å²) >= 11 is 0. The third kappa shape index (κ3) is 3.41. The van der Waals surface area contributed by atoms with E-state index in [0.29, 0.717) is 11.3 Å². The fraction of sp³-hybridized carbons (Fsp3) is 0.118. The topological polar surface area (TPSA) is 106 Å². The second kappa shape index (κ2) is 7.09. The summed E-state index contributed by atoms with van der Waals surface area (Å²) in [6.07, 6.45) is 1.13. The highest BCUT2D eigenvalue weighted by atomic mass is 19.1. The number of hydrogen-bond donors (Lipinski definition) is 1.